The van der Waals surface area contributed by atoms with Crippen molar-refractivity contribution in [2.24, 2.45) is 17.8 Å². The van der Waals surface area contributed by atoms with Crippen LogP contribution in [0.5, 0.6) is 0 Å². The highest BCUT2D eigenvalue weighted by Crippen LogP contribution is 2.32. The van der Waals surface area contributed by atoms with Gasteiger partial charge in [0.25, 0.3) is 0 Å². The van der Waals surface area contributed by atoms with Gasteiger partial charge < -0.3 is 15.3 Å². The number of piperidine rings is 1. The fraction of sp³-hybridized carbons (Fsp3) is 0.680. The zero-order chi connectivity index (χ0) is 21.3. The second-order valence-electron chi connectivity index (χ2n) is 9.25. The summed E-state index contributed by atoms with van der Waals surface area (Å²) in [5, 5.41) is 12.2. The molecule has 166 valence electrons. The van der Waals surface area contributed by atoms with E-state index < -0.39 is 5.97 Å². The summed E-state index contributed by atoms with van der Waals surface area (Å²) in [7, 11) is 0. The van der Waals surface area contributed by atoms with Crippen LogP contribution in [-0.2, 0) is 16.0 Å². The molecule has 1 aliphatic carbocycles. The third kappa shape index (κ3) is 6.83. The van der Waals surface area contributed by atoms with Crippen LogP contribution in [0.2, 0.25) is 0 Å². The molecule has 1 amide bonds. The number of benzene rings is 1. The Hall–Kier alpha value is -1.88. The first kappa shape index (κ1) is 22.8. The number of aliphatic carboxylic acids is 1. The molecule has 5 heteroatoms. The summed E-state index contributed by atoms with van der Waals surface area (Å²) in [6, 6.07) is 8.22. The van der Waals surface area contributed by atoms with Gasteiger partial charge in [-0.25, -0.2) is 0 Å². The molecule has 1 aromatic carbocycles. The summed E-state index contributed by atoms with van der Waals surface area (Å²) < 4.78 is 0. The predicted octanol–water partition coefficient (Wildman–Crippen LogP) is 4.96. The second kappa shape index (κ2) is 11.5. The van der Waals surface area contributed by atoms with Gasteiger partial charge in [0.15, 0.2) is 0 Å². The number of hydrogen-bond donors (Lipinski definition) is 2. The van der Waals surface area contributed by atoms with Crippen molar-refractivity contribution in [3.8, 4) is 0 Å². The molecule has 0 atom stereocenters. The molecule has 0 aromatic heterocycles. The highest BCUT2D eigenvalue weighted by atomic mass is 16.4. The number of hydrogen-bond acceptors (Lipinski definition) is 3. The Kier molecular flexibility index (Phi) is 8.74. The lowest BCUT2D eigenvalue weighted by molar-refractivity contribution is -0.143. The lowest BCUT2D eigenvalue weighted by atomic mass is 9.79. The minimum atomic E-state index is -0.656. The molecule has 1 saturated heterocycles. The molecular weight excluding hydrogens is 376 g/mol. The first-order valence-corrected chi connectivity index (χ1v) is 11.9. The number of carbonyl (C=O) groups excluding carboxylic acids is 1. The number of likely N-dealkylation sites (tertiary alicyclic amines) is 1. The maximum absolute atomic E-state index is 12.6. The molecule has 0 bridgehead atoms. The Labute approximate surface area is 181 Å². The van der Waals surface area contributed by atoms with Gasteiger partial charge in [-0.1, -0.05) is 38.3 Å². The molecule has 0 spiro atoms. The average Bonchev–Trinajstić information content (AvgIpc) is 2.78. The smallest absolute Gasteiger partial charge is 0.306 e. The standard InChI is InChI=1S/C25H38N2O3/c1-2-3-4-19-5-9-21(10-6-19)24(28)26-23-11-7-20(8-12-23)13-16-27-17-14-22(15-18-27)25(29)30/h7-8,11-12,19,21-22H,2-6,9-10,13-18H2,1H3,(H,26,28)(H,29,30). The van der Waals surface area contributed by atoms with Crippen molar-refractivity contribution >= 4 is 17.6 Å². The quantitative estimate of drug-likeness (QED) is 0.599. The van der Waals surface area contributed by atoms with Crippen molar-refractivity contribution in [1.82, 2.24) is 4.90 Å². The number of unbranched alkanes of at least 4 members (excludes halogenated alkanes) is 1. The summed E-state index contributed by atoms with van der Waals surface area (Å²) in [4.78, 5) is 26.0. The second-order valence-corrected chi connectivity index (χ2v) is 9.25. The van der Waals surface area contributed by atoms with E-state index >= 15 is 0 Å². The molecule has 2 N–H and O–H groups in total. The first-order valence-electron chi connectivity index (χ1n) is 11.9. The Balaban J connectivity index is 1.37. The van der Waals surface area contributed by atoms with Crippen molar-refractivity contribution in [3.05, 3.63) is 29.8 Å². The number of anilines is 1. The molecule has 1 saturated carbocycles. The van der Waals surface area contributed by atoms with Crippen LogP contribution in [0.3, 0.4) is 0 Å². The molecule has 1 heterocycles. The van der Waals surface area contributed by atoms with Gasteiger partial charge in [0.2, 0.25) is 5.91 Å². The monoisotopic (exact) mass is 414 g/mol. The summed E-state index contributed by atoms with van der Waals surface area (Å²) in [6.45, 7) is 4.94. The number of carboxylic acids is 1. The third-order valence-corrected chi connectivity index (χ3v) is 7.06. The predicted molar refractivity (Wildman–Crippen MR) is 121 cm³/mol. The number of nitrogens with one attached hydrogen (secondary N) is 1. The number of carboxylic acid groups (broad SMARTS) is 1. The Bertz CT molecular complexity index is 672. The van der Waals surface area contributed by atoms with Crippen molar-refractivity contribution in [2.75, 3.05) is 25.0 Å². The van der Waals surface area contributed by atoms with E-state index in [4.69, 9.17) is 5.11 Å². The van der Waals surface area contributed by atoms with E-state index in [0.29, 0.717) is 0 Å². The minimum absolute atomic E-state index is 0.163. The van der Waals surface area contributed by atoms with Gasteiger partial charge in [0.1, 0.15) is 0 Å². The average molecular weight is 415 g/mol. The minimum Gasteiger partial charge on any atom is -0.481 e. The number of rotatable bonds is 9. The van der Waals surface area contributed by atoms with Crippen LogP contribution >= 0.6 is 0 Å². The normalized spacial score (nSPS) is 23.2. The van der Waals surface area contributed by atoms with E-state index in [1.54, 1.807) is 0 Å². The van der Waals surface area contributed by atoms with Crippen molar-refractivity contribution in [2.45, 2.75) is 71.1 Å². The lowest BCUT2D eigenvalue weighted by Gasteiger charge is -2.30. The SMILES string of the molecule is CCCCC1CCC(C(=O)Nc2ccc(CCN3CCC(C(=O)O)CC3)cc2)CC1. The highest BCUT2D eigenvalue weighted by molar-refractivity contribution is 5.92. The van der Waals surface area contributed by atoms with Gasteiger partial charge in [-0.15, -0.1) is 0 Å². The maximum atomic E-state index is 12.6. The maximum Gasteiger partial charge on any atom is 0.306 e. The summed E-state index contributed by atoms with van der Waals surface area (Å²) in [5.41, 5.74) is 2.14. The Morgan fingerprint density at radius 2 is 1.67 bits per heavy atom. The summed E-state index contributed by atoms with van der Waals surface area (Å²) >= 11 is 0. The third-order valence-electron chi connectivity index (χ3n) is 7.06. The molecule has 1 aromatic rings. The van der Waals surface area contributed by atoms with Crippen LogP contribution in [0.1, 0.15) is 70.3 Å². The largest absolute Gasteiger partial charge is 0.481 e. The molecular formula is C25H38N2O3. The van der Waals surface area contributed by atoms with Crippen molar-refractivity contribution in [3.63, 3.8) is 0 Å². The molecule has 0 radical (unpaired) electrons. The molecule has 2 aliphatic rings. The van der Waals surface area contributed by atoms with Crippen LogP contribution in [0, 0.1) is 17.8 Å². The van der Waals surface area contributed by atoms with Crippen LogP contribution in [0.4, 0.5) is 5.69 Å². The van der Waals surface area contributed by atoms with Gasteiger partial charge in [-0.05, 0) is 81.6 Å². The first-order chi connectivity index (χ1) is 14.5. The van der Waals surface area contributed by atoms with Crippen LogP contribution in [0.25, 0.3) is 0 Å². The zero-order valence-corrected chi connectivity index (χ0v) is 18.4. The topological polar surface area (TPSA) is 69.6 Å². The van der Waals surface area contributed by atoms with Crippen molar-refractivity contribution < 1.29 is 14.7 Å². The highest BCUT2D eigenvalue weighted by Gasteiger charge is 2.26. The Morgan fingerprint density at radius 1 is 1.00 bits per heavy atom. The Morgan fingerprint density at radius 3 is 2.27 bits per heavy atom. The van der Waals surface area contributed by atoms with E-state index in [2.05, 4.69) is 29.3 Å². The van der Waals surface area contributed by atoms with E-state index in [1.165, 1.54) is 37.7 Å². The lowest BCUT2D eigenvalue weighted by Crippen LogP contribution is -2.37. The number of nitrogens with zero attached hydrogens (tertiary/aromatic N) is 1. The molecule has 2 fully saturated rings. The molecule has 1 aliphatic heterocycles. The van der Waals surface area contributed by atoms with Crippen LogP contribution in [0.15, 0.2) is 24.3 Å². The fourth-order valence-corrected chi connectivity index (χ4v) is 4.90. The summed E-state index contributed by atoms with van der Waals surface area (Å²) in [6.07, 6.45) is 10.8. The van der Waals surface area contributed by atoms with E-state index in [1.807, 2.05) is 12.1 Å². The zero-order valence-electron chi connectivity index (χ0n) is 18.4. The van der Waals surface area contributed by atoms with Crippen molar-refractivity contribution in [1.29, 1.82) is 0 Å². The van der Waals surface area contributed by atoms with Gasteiger partial charge >= 0.3 is 5.97 Å². The van der Waals surface area contributed by atoms with Gasteiger partial charge in [0, 0.05) is 18.2 Å². The molecule has 3 rings (SSSR count). The molecule has 0 unspecified atom stereocenters. The molecule has 30 heavy (non-hydrogen) atoms. The number of carbonyl (C=O) groups is 2. The fourth-order valence-electron chi connectivity index (χ4n) is 4.90. The van der Waals surface area contributed by atoms with E-state index in [0.717, 1.165) is 63.3 Å². The number of amides is 1. The van der Waals surface area contributed by atoms with Gasteiger partial charge in [-0.3, -0.25) is 9.59 Å². The van der Waals surface area contributed by atoms with Crippen LogP contribution in [-0.4, -0.2) is 41.5 Å². The van der Waals surface area contributed by atoms with Gasteiger partial charge in [-0.2, -0.15) is 0 Å². The van der Waals surface area contributed by atoms with E-state index in [9.17, 15) is 9.59 Å². The van der Waals surface area contributed by atoms with Gasteiger partial charge in [0.05, 0.1) is 5.92 Å². The summed E-state index contributed by atoms with van der Waals surface area (Å²) in [5.74, 6) is 0.338. The van der Waals surface area contributed by atoms with Crippen LogP contribution < -0.4 is 5.32 Å². The molecule has 5 nitrogen and oxygen atoms in total. The van der Waals surface area contributed by atoms with E-state index in [-0.39, 0.29) is 17.7 Å².